The van der Waals surface area contributed by atoms with Gasteiger partial charge in [0, 0.05) is 34.0 Å². The zero-order valence-electron chi connectivity index (χ0n) is 15.8. The second kappa shape index (κ2) is 12.4. The first-order chi connectivity index (χ1) is 14.3. The summed E-state index contributed by atoms with van der Waals surface area (Å²) < 4.78 is 8.25. The lowest BCUT2D eigenvalue weighted by Crippen LogP contribution is -2.07. The van der Waals surface area contributed by atoms with Crippen molar-refractivity contribution in [2.75, 3.05) is 0 Å². The molecule has 160 valence electrons. The first kappa shape index (κ1) is 24.0. The second-order valence-electron chi connectivity index (χ2n) is 6.27. The Morgan fingerprint density at radius 2 is 1.80 bits per heavy atom. The van der Waals surface area contributed by atoms with Crippen LogP contribution in [0.4, 0.5) is 0 Å². The molecule has 0 fully saturated rings. The third-order valence-electron chi connectivity index (χ3n) is 4.12. The Balaban J connectivity index is 0.000000735. The molecule has 0 radical (unpaired) electrons. The predicted molar refractivity (Wildman–Crippen MR) is 116 cm³/mol. The summed E-state index contributed by atoms with van der Waals surface area (Å²) in [4.78, 5) is 12.4. The van der Waals surface area contributed by atoms with Gasteiger partial charge < -0.3 is 14.5 Å². The Labute approximate surface area is 188 Å². The molecule has 0 aliphatic heterocycles. The van der Waals surface area contributed by atoms with Gasteiger partial charge in [-0.3, -0.25) is 0 Å². The number of rotatable bonds is 8. The number of imidazole rings is 1. The normalized spacial score (nSPS) is 11.4. The van der Waals surface area contributed by atoms with E-state index < -0.39 is 5.09 Å². The molecule has 1 aromatic heterocycles. The van der Waals surface area contributed by atoms with Crippen LogP contribution in [0, 0.1) is 10.1 Å². The Kier molecular flexibility index (Phi) is 9.89. The monoisotopic (exact) mass is 471 g/mol. The summed E-state index contributed by atoms with van der Waals surface area (Å²) in [6.07, 6.45) is 7.23. The van der Waals surface area contributed by atoms with Crippen LogP contribution >= 0.6 is 34.8 Å². The fourth-order valence-electron chi connectivity index (χ4n) is 2.75. The maximum absolute atomic E-state index is 8.36. The molecule has 0 aliphatic rings. The van der Waals surface area contributed by atoms with Crippen molar-refractivity contribution in [3.63, 3.8) is 0 Å². The topological polar surface area (TPSA) is 90.4 Å². The smallest absolute Gasteiger partial charge is 0.291 e. The van der Waals surface area contributed by atoms with Gasteiger partial charge in [-0.1, -0.05) is 53.0 Å². The van der Waals surface area contributed by atoms with Crippen LogP contribution < -0.4 is 0 Å². The molecule has 0 spiro atoms. The highest BCUT2D eigenvalue weighted by molar-refractivity contribution is 6.35. The number of benzene rings is 2. The molecule has 1 unspecified atom stereocenters. The van der Waals surface area contributed by atoms with Gasteiger partial charge in [0.1, 0.15) is 0 Å². The second-order valence-corrected chi connectivity index (χ2v) is 7.55. The minimum atomic E-state index is -1.50. The van der Waals surface area contributed by atoms with Crippen LogP contribution in [-0.2, 0) is 17.9 Å². The average Bonchev–Trinajstić information content (AvgIpc) is 3.19. The summed E-state index contributed by atoms with van der Waals surface area (Å²) in [5.74, 6) is 0. The van der Waals surface area contributed by atoms with E-state index in [1.165, 1.54) is 0 Å². The quantitative estimate of drug-likeness (QED) is 0.310. The van der Waals surface area contributed by atoms with Gasteiger partial charge in [-0.25, -0.2) is 4.98 Å². The number of halogens is 3. The molecule has 0 amide bonds. The molecule has 3 rings (SSSR count). The minimum Gasteiger partial charge on any atom is -0.369 e. The maximum atomic E-state index is 8.36. The van der Waals surface area contributed by atoms with Crippen LogP contribution in [0.25, 0.3) is 0 Å². The van der Waals surface area contributed by atoms with E-state index >= 15 is 0 Å². The van der Waals surface area contributed by atoms with E-state index in [2.05, 4.69) is 9.55 Å². The summed E-state index contributed by atoms with van der Waals surface area (Å²) >= 11 is 18.4. The van der Waals surface area contributed by atoms with E-state index in [-0.39, 0.29) is 6.10 Å². The number of aromatic nitrogens is 2. The number of ether oxygens (including phenoxy) is 1. The van der Waals surface area contributed by atoms with Crippen LogP contribution in [0.5, 0.6) is 0 Å². The van der Waals surface area contributed by atoms with Gasteiger partial charge in [0.25, 0.3) is 5.09 Å². The zero-order valence-corrected chi connectivity index (χ0v) is 18.1. The van der Waals surface area contributed by atoms with Gasteiger partial charge in [0.15, 0.2) is 0 Å². The first-order valence-electron chi connectivity index (χ1n) is 8.95. The van der Waals surface area contributed by atoms with Gasteiger partial charge in [-0.2, -0.15) is 0 Å². The lowest BCUT2D eigenvalue weighted by Gasteiger charge is -2.20. The standard InChI is InChI=1S/C20H19Cl3N2O.HNO3/c21-16-5-3-15(4-6-16)13-26-20(2-1-10-25-11-9-24-14-25)18-8-7-17(22)12-19(18)23;2-1(3)4/h3-9,11-12,14,20H,1-2,10,13H2;(H,2,3,4). The number of aryl methyl sites for hydroxylation is 1. The summed E-state index contributed by atoms with van der Waals surface area (Å²) in [5, 5.41) is 15.6. The number of hydrogen-bond donors (Lipinski definition) is 1. The Morgan fingerprint density at radius 3 is 2.40 bits per heavy atom. The molecule has 30 heavy (non-hydrogen) atoms. The van der Waals surface area contributed by atoms with Crippen molar-refractivity contribution in [2.24, 2.45) is 0 Å². The van der Waals surface area contributed by atoms with Crippen molar-refractivity contribution in [1.82, 2.24) is 9.55 Å². The zero-order chi connectivity index (χ0) is 21.9. The molecule has 0 saturated carbocycles. The molecule has 1 N–H and O–H groups in total. The molecular formula is C20H20Cl3N3O4. The van der Waals surface area contributed by atoms with Crippen molar-refractivity contribution >= 4 is 34.8 Å². The Bertz CT molecular complexity index is 918. The number of hydrogen-bond acceptors (Lipinski definition) is 4. The molecule has 0 saturated heterocycles. The van der Waals surface area contributed by atoms with Gasteiger partial charge in [-0.15, -0.1) is 10.1 Å². The van der Waals surface area contributed by atoms with Crippen LogP contribution in [-0.4, -0.2) is 19.8 Å². The van der Waals surface area contributed by atoms with Crippen LogP contribution in [0.1, 0.15) is 30.1 Å². The fraction of sp³-hybridized carbons (Fsp3) is 0.250. The highest BCUT2D eigenvalue weighted by Gasteiger charge is 2.16. The fourth-order valence-corrected chi connectivity index (χ4v) is 3.40. The molecular weight excluding hydrogens is 453 g/mol. The Hall–Kier alpha value is -2.32. The minimum absolute atomic E-state index is 0.112. The van der Waals surface area contributed by atoms with Crippen LogP contribution in [0.15, 0.2) is 61.2 Å². The van der Waals surface area contributed by atoms with Crippen molar-refractivity contribution in [1.29, 1.82) is 0 Å². The predicted octanol–water partition coefficient (Wildman–Crippen LogP) is 6.23. The third kappa shape index (κ3) is 8.59. The molecule has 1 heterocycles. The summed E-state index contributed by atoms with van der Waals surface area (Å²) in [7, 11) is 0. The molecule has 10 heteroatoms. The van der Waals surface area contributed by atoms with Gasteiger partial charge in [0.05, 0.1) is 19.0 Å². The Morgan fingerprint density at radius 1 is 1.13 bits per heavy atom. The molecule has 2 aromatic carbocycles. The van der Waals surface area contributed by atoms with Gasteiger partial charge >= 0.3 is 0 Å². The lowest BCUT2D eigenvalue weighted by molar-refractivity contribution is -0.742. The van der Waals surface area contributed by atoms with Gasteiger partial charge in [0.2, 0.25) is 0 Å². The summed E-state index contributed by atoms with van der Waals surface area (Å²) in [5.41, 5.74) is 2.02. The van der Waals surface area contributed by atoms with Crippen molar-refractivity contribution in [3.05, 3.63) is 97.5 Å². The summed E-state index contributed by atoms with van der Waals surface area (Å²) in [6.45, 7) is 1.37. The van der Waals surface area contributed by atoms with Crippen molar-refractivity contribution < 1.29 is 15.0 Å². The van der Waals surface area contributed by atoms with E-state index in [1.807, 2.05) is 48.9 Å². The number of nitrogens with zero attached hydrogens (tertiary/aromatic N) is 3. The van der Waals surface area contributed by atoms with Gasteiger partial charge in [-0.05, 0) is 48.2 Å². The van der Waals surface area contributed by atoms with E-state index in [1.54, 1.807) is 12.3 Å². The first-order valence-corrected chi connectivity index (χ1v) is 10.1. The average molecular weight is 473 g/mol. The maximum Gasteiger partial charge on any atom is 0.291 e. The van der Waals surface area contributed by atoms with E-state index in [9.17, 15) is 0 Å². The SMILES string of the molecule is Clc1ccc(COC(CCCn2ccnc2)c2ccc(Cl)cc2Cl)cc1.O=[N+]([O-])O. The largest absolute Gasteiger partial charge is 0.369 e. The molecule has 3 aromatic rings. The van der Waals surface area contributed by atoms with Crippen molar-refractivity contribution in [3.8, 4) is 0 Å². The highest BCUT2D eigenvalue weighted by atomic mass is 35.5. The van der Waals surface area contributed by atoms with E-state index in [0.29, 0.717) is 21.7 Å². The van der Waals surface area contributed by atoms with E-state index in [0.717, 1.165) is 30.5 Å². The molecule has 7 nitrogen and oxygen atoms in total. The summed E-state index contributed by atoms with van der Waals surface area (Å²) in [6, 6.07) is 13.2. The lowest BCUT2D eigenvalue weighted by atomic mass is 10.0. The van der Waals surface area contributed by atoms with E-state index in [4.69, 9.17) is 54.9 Å². The van der Waals surface area contributed by atoms with Crippen LogP contribution in [0.2, 0.25) is 15.1 Å². The third-order valence-corrected chi connectivity index (χ3v) is 4.93. The highest BCUT2D eigenvalue weighted by Crippen LogP contribution is 2.32. The molecule has 0 bridgehead atoms. The molecule has 1 atom stereocenters. The van der Waals surface area contributed by atoms with Crippen LogP contribution in [0.3, 0.4) is 0 Å². The molecule has 0 aliphatic carbocycles. The van der Waals surface area contributed by atoms with Crippen molar-refractivity contribution in [2.45, 2.75) is 32.1 Å².